The van der Waals surface area contributed by atoms with E-state index in [0.29, 0.717) is 46.4 Å². The summed E-state index contributed by atoms with van der Waals surface area (Å²) in [7, 11) is 1.54. The van der Waals surface area contributed by atoms with Gasteiger partial charge >= 0.3 is 12.0 Å². The molecule has 1 aliphatic heterocycles. The van der Waals surface area contributed by atoms with Crippen LogP contribution in [0.5, 0.6) is 11.5 Å². The number of carbonyl (C=O) groups is 2. The van der Waals surface area contributed by atoms with Gasteiger partial charge in [-0.25, -0.2) is 9.59 Å². The first-order valence-corrected chi connectivity index (χ1v) is 11.8. The van der Waals surface area contributed by atoms with Gasteiger partial charge in [0.2, 0.25) is 0 Å². The Kier molecular flexibility index (Phi) is 8.82. The smallest absolute Gasteiger partial charge is 0.338 e. The molecular formula is C26H31ClN2O5. The number of hydrogen-bond acceptors (Lipinski definition) is 5. The molecule has 1 aliphatic rings. The molecule has 2 amide bonds. The van der Waals surface area contributed by atoms with Gasteiger partial charge in [0.25, 0.3) is 0 Å². The molecule has 0 fully saturated rings. The van der Waals surface area contributed by atoms with Crippen molar-refractivity contribution < 1.29 is 23.8 Å². The molecule has 7 nitrogen and oxygen atoms in total. The van der Waals surface area contributed by atoms with E-state index in [2.05, 4.69) is 17.6 Å². The minimum Gasteiger partial charge on any atom is -0.493 e. The van der Waals surface area contributed by atoms with Crippen molar-refractivity contribution in [2.75, 3.05) is 7.11 Å². The van der Waals surface area contributed by atoms with Crippen molar-refractivity contribution >= 4 is 23.6 Å². The van der Waals surface area contributed by atoms with Crippen molar-refractivity contribution in [1.82, 2.24) is 10.6 Å². The molecule has 0 radical (unpaired) electrons. The quantitative estimate of drug-likeness (QED) is 0.422. The van der Waals surface area contributed by atoms with E-state index in [9.17, 15) is 9.59 Å². The van der Waals surface area contributed by atoms with Crippen LogP contribution in [-0.2, 0) is 16.1 Å². The summed E-state index contributed by atoms with van der Waals surface area (Å²) in [4.78, 5) is 25.5. The Morgan fingerprint density at radius 2 is 1.94 bits per heavy atom. The van der Waals surface area contributed by atoms with Crippen LogP contribution in [0.3, 0.4) is 0 Å². The number of unbranched alkanes of at least 4 members (excludes halogenated alkanes) is 1. The van der Waals surface area contributed by atoms with Gasteiger partial charge in [-0.2, -0.15) is 0 Å². The highest BCUT2D eigenvalue weighted by Gasteiger charge is 2.34. The fourth-order valence-electron chi connectivity index (χ4n) is 3.71. The highest BCUT2D eigenvalue weighted by molar-refractivity contribution is 6.30. The van der Waals surface area contributed by atoms with Crippen LogP contribution < -0.4 is 20.1 Å². The molecule has 0 aromatic heterocycles. The molecule has 1 unspecified atom stereocenters. The van der Waals surface area contributed by atoms with Gasteiger partial charge in [0.15, 0.2) is 11.5 Å². The maximum Gasteiger partial charge on any atom is 0.338 e. The fourth-order valence-corrected chi connectivity index (χ4v) is 3.92. The van der Waals surface area contributed by atoms with Crippen LogP contribution in [0.2, 0.25) is 5.02 Å². The van der Waals surface area contributed by atoms with Crippen LogP contribution in [-0.4, -0.2) is 25.2 Å². The lowest BCUT2D eigenvalue weighted by Gasteiger charge is -2.30. The number of carbonyl (C=O) groups excluding carboxylic acids is 2. The Balaban J connectivity index is 1.93. The first-order chi connectivity index (χ1) is 16.3. The van der Waals surface area contributed by atoms with Gasteiger partial charge in [-0.1, -0.05) is 43.1 Å². The molecular weight excluding hydrogens is 456 g/mol. The highest BCUT2D eigenvalue weighted by Crippen LogP contribution is 2.36. The van der Waals surface area contributed by atoms with Crippen LogP contribution in [0.1, 0.15) is 57.2 Å². The van der Waals surface area contributed by atoms with Gasteiger partial charge in [0, 0.05) is 10.7 Å². The van der Waals surface area contributed by atoms with Crippen LogP contribution >= 0.6 is 11.6 Å². The molecule has 3 rings (SSSR count). The number of esters is 1. The number of benzene rings is 2. The van der Waals surface area contributed by atoms with Crippen molar-refractivity contribution in [2.24, 2.45) is 0 Å². The molecule has 34 heavy (non-hydrogen) atoms. The first kappa shape index (κ1) is 25.4. The summed E-state index contributed by atoms with van der Waals surface area (Å²) in [5, 5.41) is 6.29. The predicted molar refractivity (Wildman–Crippen MR) is 131 cm³/mol. The fraction of sp³-hybridized carbons (Fsp3) is 0.385. The zero-order valence-electron chi connectivity index (χ0n) is 19.9. The average Bonchev–Trinajstić information content (AvgIpc) is 2.80. The number of amides is 2. The van der Waals surface area contributed by atoms with E-state index in [4.69, 9.17) is 25.8 Å². The third-order valence-electron chi connectivity index (χ3n) is 5.30. The number of allylic oxidation sites excluding steroid dienone is 1. The van der Waals surface area contributed by atoms with Gasteiger partial charge in [0.05, 0.1) is 24.8 Å². The number of hydrogen-bond donors (Lipinski definition) is 2. The summed E-state index contributed by atoms with van der Waals surface area (Å²) in [6.07, 6.45) is 2.04. The van der Waals surface area contributed by atoms with E-state index in [1.165, 1.54) is 0 Å². The van der Waals surface area contributed by atoms with Crippen LogP contribution in [0.15, 0.2) is 53.7 Å². The Labute approximate surface area is 205 Å². The van der Waals surface area contributed by atoms with Crippen molar-refractivity contribution in [3.8, 4) is 11.5 Å². The Morgan fingerprint density at radius 1 is 1.15 bits per heavy atom. The maximum atomic E-state index is 13.0. The van der Waals surface area contributed by atoms with Gasteiger partial charge in [-0.15, -0.1) is 0 Å². The standard InChI is InChI=1S/C26H31ClN2O5/c1-5-6-10-20-23(25(30)34-16(2)3)24(29-26(31)28-20)18-11-12-21(22(14-18)32-4)33-15-17-8-7-9-19(27)13-17/h7-9,11-14,16,24H,5-6,10,15H2,1-4H3,(H2,28,29,31). The largest absolute Gasteiger partial charge is 0.493 e. The summed E-state index contributed by atoms with van der Waals surface area (Å²) in [6.45, 7) is 5.96. The second-order valence-electron chi connectivity index (χ2n) is 8.31. The van der Waals surface area contributed by atoms with Crippen molar-refractivity contribution in [1.29, 1.82) is 0 Å². The molecule has 1 heterocycles. The summed E-state index contributed by atoms with van der Waals surface area (Å²) in [5.41, 5.74) is 2.59. The van der Waals surface area contributed by atoms with Crippen molar-refractivity contribution in [2.45, 2.75) is 58.8 Å². The molecule has 0 saturated carbocycles. The SMILES string of the molecule is CCCCC1=C(C(=O)OC(C)C)C(c2ccc(OCc3cccc(Cl)c3)c(OC)c2)NC(=O)N1. The van der Waals surface area contributed by atoms with E-state index >= 15 is 0 Å². The summed E-state index contributed by atoms with van der Waals surface area (Å²) < 4.78 is 17.0. The summed E-state index contributed by atoms with van der Waals surface area (Å²) >= 11 is 6.06. The number of ether oxygens (including phenoxy) is 3. The molecule has 0 aliphatic carbocycles. The van der Waals surface area contributed by atoms with E-state index in [1.807, 2.05) is 24.3 Å². The molecule has 8 heteroatoms. The predicted octanol–water partition coefficient (Wildman–Crippen LogP) is 5.68. The normalized spacial score (nSPS) is 15.6. The maximum absolute atomic E-state index is 13.0. The van der Waals surface area contributed by atoms with E-state index < -0.39 is 12.0 Å². The molecule has 2 N–H and O–H groups in total. The van der Waals surface area contributed by atoms with Gasteiger partial charge in [-0.05, 0) is 62.1 Å². The Bertz CT molecular complexity index is 1070. The van der Waals surface area contributed by atoms with Crippen LogP contribution in [0, 0.1) is 0 Å². The number of nitrogens with one attached hydrogen (secondary N) is 2. The zero-order valence-corrected chi connectivity index (χ0v) is 20.7. The lowest BCUT2D eigenvalue weighted by Crippen LogP contribution is -2.46. The molecule has 182 valence electrons. The number of methoxy groups -OCH3 is 1. The molecule has 0 bridgehead atoms. The van der Waals surface area contributed by atoms with Crippen molar-refractivity contribution in [3.63, 3.8) is 0 Å². The highest BCUT2D eigenvalue weighted by atomic mass is 35.5. The van der Waals surface area contributed by atoms with Gasteiger partial charge in [-0.3, -0.25) is 0 Å². The minimum absolute atomic E-state index is 0.289. The molecule has 0 spiro atoms. The third-order valence-corrected chi connectivity index (χ3v) is 5.54. The topological polar surface area (TPSA) is 85.9 Å². The monoisotopic (exact) mass is 486 g/mol. The Morgan fingerprint density at radius 3 is 2.62 bits per heavy atom. The molecule has 2 aromatic carbocycles. The van der Waals surface area contributed by atoms with E-state index in [0.717, 1.165) is 18.4 Å². The average molecular weight is 487 g/mol. The second-order valence-corrected chi connectivity index (χ2v) is 8.75. The summed E-state index contributed by atoms with van der Waals surface area (Å²) in [6, 6.07) is 11.7. The molecule has 1 atom stereocenters. The van der Waals surface area contributed by atoms with Gasteiger partial charge in [0.1, 0.15) is 6.61 Å². The van der Waals surface area contributed by atoms with Crippen LogP contribution in [0.4, 0.5) is 4.79 Å². The van der Waals surface area contributed by atoms with E-state index in [1.54, 1.807) is 39.2 Å². The van der Waals surface area contributed by atoms with Crippen molar-refractivity contribution in [3.05, 3.63) is 69.9 Å². The first-order valence-electron chi connectivity index (χ1n) is 11.4. The molecule has 2 aromatic rings. The molecule has 0 saturated heterocycles. The number of halogens is 1. The minimum atomic E-state index is -0.678. The van der Waals surface area contributed by atoms with Gasteiger partial charge < -0.3 is 24.8 Å². The van der Waals surface area contributed by atoms with Crippen LogP contribution in [0.25, 0.3) is 0 Å². The number of urea groups is 1. The zero-order chi connectivity index (χ0) is 24.7. The lowest BCUT2D eigenvalue weighted by molar-refractivity contribution is -0.143. The second kappa shape index (κ2) is 11.8. The third kappa shape index (κ3) is 6.44. The summed E-state index contributed by atoms with van der Waals surface area (Å²) in [5.74, 6) is 0.561. The van der Waals surface area contributed by atoms with E-state index in [-0.39, 0.29) is 12.1 Å². The Hall–Kier alpha value is -3.19. The number of rotatable bonds is 10. The lowest BCUT2D eigenvalue weighted by atomic mass is 9.93.